The maximum absolute atomic E-state index is 12.4. The summed E-state index contributed by atoms with van der Waals surface area (Å²) in [6, 6.07) is 3.01. The van der Waals surface area contributed by atoms with Gasteiger partial charge < -0.3 is 15.5 Å². The molecule has 6 heteroatoms. The molecule has 0 radical (unpaired) electrons. The predicted molar refractivity (Wildman–Crippen MR) is 90.9 cm³/mol. The van der Waals surface area contributed by atoms with Crippen LogP contribution in [0.1, 0.15) is 52.1 Å². The van der Waals surface area contributed by atoms with Crippen LogP contribution in [0, 0.1) is 0 Å². The van der Waals surface area contributed by atoms with Gasteiger partial charge in [0, 0.05) is 25.5 Å². The summed E-state index contributed by atoms with van der Waals surface area (Å²) in [5.74, 6) is -0.168. The standard InChI is InChI=1S/C17H28N4O2/c1-6-12(3)19-16(22)13(4)20-17(23)21(5)15(7-2)14-8-10-18-11-9-14/h8-13,15H,6-7H2,1-5H3,(H,19,22)(H,20,23)/t12-,13+,15+/m0/s1. The Hall–Kier alpha value is -2.11. The Kier molecular flexibility index (Phi) is 7.51. The Morgan fingerprint density at radius 2 is 1.74 bits per heavy atom. The number of pyridine rings is 1. The summed E-state index contributed by atoms with van der Waals surface area (Å²) in [5.41, 5.74) is 1.02. The molecule has 0 aliphatic carbocycles. The van der Waals surface area contributed by atoms with Gasteiger partial charge in [-0.2, -0.15) is 0 Å². The number of nitrogens with zero attached hydrogens (tertiary/aromatic N) is 2. The zero-order valence-electron chi connectivity index (χ0n) is 14.7. The monoisotopic (exact) mass is 320 g/mol. The lowest BCUT2D eigenvalue weighted by Crippen LogP contribution is -2.51. The third kappa shape index (κ3) is 5.54. The maximum Gasteiger partial charge on any atom is 0.318 e. The minimum absolute atomic E-state index is 0.0529. The quantitative estimate of drug-likeness (QED) is 0.810. The van der Waals surface area contributed by atoms with Crippen molar-refractivity contribution in [2.45, 2.75) is 58.7 Å². The van der Waals surface area contributed by atoms with Crippen LogP contribution in [0.2, 0.25) is 0 Å². The van der Waals surface area contributed by atoms with E-state index in [2.05, 4.69) is 15.6 Å². The van der Waals surface area contributed by atoms with Gasteiger partial charge >= 0.3 is 6.03 Å². The van der Waals surface area contributed by atoms with Crippen LogP contribution in [0.25, 0.3) is 0 Å². The first kappa shape index (κ1) is 18.9. The Balaban J connectivity index is 2.66. The fourth-order valence-electron chi connectivity index (χ4n) is 2.28. The zero-order valence-corrected chi connectivity index (χ0v) is 14.7. The maximum atomic E-state index is 12.4. The van der Waals surface area contributed by atoms with Crippen molar-refractivity contribution in [1.29, 1.82) is 0 Å². The normalized spacial score (nSPS) is 14.5. The average molecular weight is 320 g/mol. The molecule has 0 aliphatic heterocycles. The van der Waals surface area contributed by atoms with Crippen LogP contribution in [0.3, 0.4) is 0 Å². The average Bonchev–Trinajstić information content (AvgIpc) is 2.55. The highest BCUT2D eigenvalue weighted by Crippen LogP contribution is 2.22. The van der Waals surface area contributed by atoms with Crippen LogP contribution < -0.4 is 10.6 Å². The van der Waals surface area contributed by atoms with E-state index in [0.29, 0.717) is 0 Å². The van der Waals surface area contributed by atoms with Crippen LogP contribution in [-0.2, 0) is 4.79 Å². The molecule has 0 bridgehead atoms. The van der Waals surface area contributed by atoms with Gasteiger partial charge in [0.15, 0.2) is 0 Å². The van der Waals surface area contributed by atoms with E-state index in [1.165, 1.54) is 0 Å². The summed E-state index contributed by atoms with van der Waals surface area (Å²) in [4.78, 5) is 30.1. The lowest BCUT2D eigenvalue weighted by molar-refractivity contribution is -0.123. The summed E-state index contributed by atoms with van der Waals surface area (Å²) in [7, 11) is 1.74. The summed E-state index contributed by atoms with van der Waals surface area (Å²) in [5, 5.41) is 5.62. The molecule has 6 nitrogen and oxygen atoms in total. The molecule has 1 aromatic heterocycles. The van der Waals surface area contributed by atoms with Crippen LogP contribution in [0.4, 0.5) is 4.79 Å². The Morgan fingerprint density at radius 1 is 1.13 bits per heavy atom. The number of hydrogen-bond acceptors (Lipinski definition) is 3. The van der Waals surface area contributed by atoms with Gasteiger partial charge in [-0.05, 0) is 44.4 Å². The Bertz CT molecular complexity index is 507. The molecule has 0 aliphatic rings. The molecule has 3 atom stereocenters. The molecule has 23 heavy (non-hydrogen) atoms. The summed E-state index contributed by atoms with van der Waals surface area (Å²) >= 11 is 0. The van der Waals surface area contributed by atoms with Gasteiger partial charge in [-0.15, -0.1) is 0 Å². The highest BCUT2D eigenvalue weighted by Gasteiger charge is 2.23. The smallest absolute Gasteiger partial charge is 0.318 e. The van der Waals surface area contributed by atoms with Crippen molar-refractivity contribution in [3.63, 3.8) is 0 Å². The number of rotatable bonds is 7. The third-order valence-electron chi connectivity index (χ3n) is 4.00. The highest BCUT2D eigenvalue weighted by molar-refractivity contribution is 5.86. The molecule has 3 amide bonds. The van der Waals surface area contributed by atoms with Gasteiger partial charge in [0.25, 0.3) is 0 Å². The van der Waals surface area contributed by atoms with Crippen molar-refractivity contribution in [2.75, 3.05) is 7.05 Å². The van der Waals surface area contributed by atoms with E-state index in [4.69, 9.17) is 0 Å². The summed E-state index contributed by atoms with van der Waals surface area (Å²) < 4.78 is 0. The van der Waals surface area contributed by atoms with Crippen LogP contribution in [0.15, 0.2) is 24.5 Å². The fourth-order valence-corrected chi connectivity index (χ4v) is 2.28. The number of carbonyl (C=O) groups excluding carboxylic acids is 2. The largest absolute Gasteiger partial charge is 0.352 e. The fraction of sp³-hybridized carbons (Fsp3) is 0.588. The molecule has 0 saturated heterocycles. The molecule has 0 aromatic carbocycles. The minimum atomic E-state index is -0.575. The predicted octanol–water partition coefficient (Wildman–Crippen LogP) is 2.48. The summed E-state index contributed by atoms with van der Waals surface area (Å²) in [6.07, 6.45) is 5.06. The molecular weight excluding hydrogens is 292 g/mol. The van der Waals surface area contributed by atoms with Gasteiger partial charge in [0.05, 0.1) is 6.04 Å². The van der Waals surface area contributed by atoms with Gasteiger partial charge in [0.1, 0.15) is 6.04 Å². The second-order valence-corrected chi connectivity index (χ2v) is 5.80. The molecule has 0 fully saturated rings. The van der Waals surface area contributed by atoms with Gasteiger partial charge in [0.2, 0.25) is 5.91 Å². The number of nitrogens with one attached hydrogen (secondary N) is 2. The lowest BCUT2D eigenvalue weighted by Gasteiger charge is -2.29. The van der Waals surface area contributed by atoms with Crippen molar-refractivity contribution in [1.82, 2.24) is 20.5 Å². The lowest BCUT2D eigenvalue weighted by atomic mass is 10.1. The van der Waals surface area contributed by atoms with Gasteiger partial charge in [-0.3, -0.25) is 9.78 Å². The molecule has 1 heterocycles. The topological polar surface area (TPSA) is 74.3 Å². The molecule has 1 aromatic rings. The number of aromatic nitrogens is 1. The molecule has 128 valence electrons. The molecule has 0 saturated carbocycles. The van der Waals surface area contributed by atoms with Crippen molar-refractivity contribution >= 4 is 11.9 Å². The zero-order chi connectivity index (χ0) is 17.4. The Morgan fingerprint density at radius 3 is 2.26 bits per heavy atom. The first-order valence-corrected chi connectivity index (χ1v) is 8.14. The first-order chi connectivity index (χ1) is 10.9. The highest BCUT2D eigenvalue weighted by atomic mass is 16.2. The van der Waals surface area contributed by atoms with Crippen molar-refractivity contribution in [2.24, 2.45) is 0 Å². The number of carbonyl (C=O) groups is 2. The van der Waals surface area contributed by atoms with E-state index in [1.54, 1.807) is 31.3 Å². The molecular formula is C17H28N4O2. The Labute approximate surface area is 138 Å². The van der Waals surface area contributed by atoms with E-state index in [0.717, 1.165) is 18.4 Å². The van der Waals surface area contributed by atoms with Crippen LogP contribution >= 0.6 is 0 Å². The number of urea groups is 1. The third-order valence-corrected chi connectivity index (χ3v) is 4.00. The molecule has 2 N–H and O–H groups in total. The van der Waals surface area contributed by atoms with Gasteiger partial charge in [-0.25, -0.2) is 4.79 Å². The second kappa shape index (κ2) is 9.12. The molecule has 0 unspecified atom stereocenters. The van der Waals surface area contributed by atoms with Crippen LogP contribution in [-0.4, -0.2) is 41.0 Å². The van der Waals surface area contributed by atoms with E-state index in [1.807, 2.05) is 32.9 Å². The van der Waals surface area contributed by atoms with Crippen molar-refractivity contribution in [3.05, 3.63) is 30.1 Å². The second-order valence-electron chi connectivity index (χ2n) is 5.80. The van der Waals surface area contributed by atoms with Gasteiger partial charge in [-0.1, -0.05) is 13.8 Å². The number of amides is 3. The van der Waals surface area contributed by atoms with Crippen LogP contribution in [0.5, 0.6) is 0 Å². The SMILES string of the molecule is CC[C@H](c1ccncc1)N(C)C(=O)N[C@H](C)C(=O)N[C@@H](C)CC. The van der Waals surface area contributed by atoms with E-state index in [9.17, 15) is 9.59 Å². The van der Waals surface area contributed by atoms with E-state index < -0.39 is 6.04 Å². The van der Waals surface area contributed by atoms with Crippen molar-refractivity contribution < 1.29 is 9.59 Å². The number of hydrogen-bond donors (Lipinski definition) is 2. The first-order valence-electron chi connectivity index (χ1n) is 8.14. The van der Waals surface area contributed by atoms with Crippen molar-refractivity contribution in [3.8, 4) is 0 Å². The summed E-state index contributed by atoms with van der Waals surface area (Å²) in [6.45, 7) is 7.66. The molecule has 0 spiro atoms. The molecule has 1 rings (SSSR count). The van der Waals surface area contributed by atoms with E-state index >= 15 is 0 Å². The van der Waals surface area contributed by atoms with E-state index in [-0.39, 0.29) is 24.0 Å². The minimum Gasteiger partial charge on any atom is -0.352 e.